The fraction of sp³-hybridized carbons (Fsp3) is 0.111. The van der Waals surface area contributed by atoms with E-state index < -0.39 is 28.9 Å². The first-order valence-electron chi connectivity index (χ1n) is 7.88. The molecule has 0 saturated carbocycles. The fourth-order valence-corrected chi connectivity index (χ4v) is 2.46. The van der Waals surface area contributed by atoms with Crippen molar-refractivity contribution in [1.82, 2.24) is 15.0 Å². The van der Waals surface area contributed by atoms with Gasteiger partial charge in [-0.2, -0.15) is 13.2 Å². The van der Waals surface area contributed by atoms with Crippen molar-refractivity contribution in [1.29, 1.82) is 0 Å². The van der Waals surface area contributed by atoms with E-state index in [4.69, 9.17) is 10.5 Å². The number of amides is 1. The number of pyridine rings is 1. The number of hydrogen-bond acceptors (Lipinski definition) is 5. The van der Waals surface area contributed by atoms with E-state index in [9.17, 15) is 22.8 Å². The number of aromatic nitrogens is 3. The number of rotatable bonds is 5. The Morgan fingerprint density at radius 1 is 1.18 bits per heavy atom. The number of ether oxygens (including phenoxy) is 1. The van der Waals surface area contributed by atoms with Crippen molar-refractivity contribution in [3.63, 3.8) is 0 Å². The normalized spacial score (nSPS) is 11.2. The summed E-state index contributed by atoms with van der Waals surface area (Å²) in [6.07, 6.45) is -1.90. The zero-order valence-corrected chi connectivity index (χ0v) is 14.2. The quantitative estimate of drug-likeness (QED) is 0.696. The van der Waals surface area contributed by atoms with Crippen molar-refractivity contribution in [2.24, 2.45) is 5.73 Å². The number of carbonyl (C=O) groups is 1. The molecule has 0 atom stereocenters. The molecule has 0 radical (unpaired) electrons. The standard InChI is InChI=1S/C18H13F3N4O3/c19-18(20,21)15-13(7-14(16(22)26)17(27)25-15)10-1-3-12(4-2-10)28-8-11-5-6-23-9-24-11/h1-7,9H,8H2,(H2,22,26)(H,25,27). The number of primary amides is 1. The van der Waals surface area contributed by atoms with Crippen molar-refractivity contribution in [2.45, 2.75) is 12.8 Å². The lowest BCUT2D eigenvalue weighted by molar-refractivity contribution is -0.140. The lowest BCUT2D eigenvalue weighted by atomic mass is 10.0. The smallest absolute Gasteiger partial charge is 0.431 e. The molecule has 0 aliphatic carbocycles. The summed E-state index contributed by atoms with van der Waals surface area (Å²) in [6.45, 7) is 0.153. The van der Waals surface area contributed by atoms with Gasteiger partial charge in [0.25, 0.3) is 11.5 Å². The van der Waals surface area contributed by atoms with Gasteiger partial charge in [0.1, 0.15) is 29.9 Å². The zero-order valence-electron chi connectivity index (χ0n) is 14.2. The van der Waals surface area contributed by atoms with Gasteiger partial charge in [0, 0.05) is 11.8 Å². The Bertz CT molecular complexity index is 1050. The van der Waals surface area contributed by atoms with Crippen LogP contribution >= 0.6 is 0 Å². The van der Waals surface area contributed by atoms with Crippen LogP contribution in [0.15, 0.2) is 53.7 Å². The summed E-state index contributed by atoms with van der Waals surface area (Å²) in [7, 11) is 0. The summed E-state index contributed by atoms with van der Waals surface area (Å²) in [4.78, 5) is 32.5. The van der Waals surface area contributed by atoms with Crippen molar-refractivity contribution in [2.75, 3.05) is 0 Å². The average Bonchev–Trinajstić information content (AvgIpc) is 2.66. The fourth-order valence-electron chi connectivity index (χ4n) is 2.46. The highest BCUT2D eigenvalue weighted by Crippen LogP contribution is 2.35. The number of nitrogens with one attached hydrogen (secondary N) is 1. The number of aromatic amines is 1. The number of halogens is 3. The molecule has 3 N–H and O–H groups in total. The Kier molecular flexibility index (Phi) is 5.12. The molecule has 2 heterocycles. The largest absolute Gasteiger partial charge is 0.487 e. The summed E-state index contributed by atoms with van der Waals surface area (Å²) in [5.74, 6) is -0.725. The molecule has 10 heteroatoms. The second kappa shape index (κ2) is 7.51. The van der Waals surface area contributed by atoms with Crippen molar-refractivity contribution < 1.29 is 22.7 Å². The Morgan fingerprint density at radius 3 is 2.46 bits per heavy atom. The van der Waals surface area contributed by atoms with Crippen LogP contribution in [0.5, 0.6) is 5.75 Å². The van der Waals surface area contributed by atoms with Gasteiger partial charge >= 0.3 is 6.18 Å². The Morgan fingerprint density at radius 2 is 1.89 bits per heavy atom. The van der Waals surface area contributed by atoms with Crippen LogP contribution < -0.4 is 16.0 Å². The Labute approximate surface area is 156 Å². The van der Waals surface area contributed by atoms with Gasteiger partial charge in [0.05, 0.1) is 5.69 Å². The van der Waals surface area contributed by atoms with Crippen molar-refractivity contribution in [3.8, 4) is 16.9 Å². The molecule has 1 aromatic carbocycles. The third-order valence-corrected chi connectivity index (χ3v) is 3.79. The van der Waals surface area contributed by atoms with E-state index >= 15 is 0 Å². The molecule has 3 aromatic rings. The number of nitrogens with zero attached hydrogens (tertiary/aromatic N) is 2. The molecule has 0 bridgehead atoms. The van der Waals surface area contributed by atoms with Crippen LogP contribution in [0.4, 0.5) is 13.2 Å². The maximum Gasteiger partial charge on any atom is 0.431 e. The predicted molar refractivity (Wildman–Crippen MR) is 92.4 cm³/mol. The topological polar surface area (TPSA) is 111 Å². The second-order valence-electron chi connectivity index (χ2n) is 5.68. The highest BCUT2D eigenvalue weighted by Gasteiger charge is 2.36. The third kappa shape index (κ3) is 4.17. The van der Waals surface area contributed by atoms with Crippen LogP contribution in [-0.2, 0) is 12.8 Å². The third-order valence-electron chi connectivity index (χ3n) is 3.79. The molecular formula is C18H13F3N4O3. The molecule has 2 aromatic heterocycles. The molecular weight excluding hydrogens is 377 g/mol. The van der Waals surface area contributed by atoms with E-state index in [0.717, 1.165) is 6.07 Å². The van der Waals surface area contributed by atoms with Crippen LogP contribution in [-0.4, -0.2) is 20.9 Å². The first kappa shape index (κ1) is 19.1. The summed E-state index contributed by atoms with van der Waals surface area (Å²) >= 11 is 0. The molecule has 144 valence electrons. The maximum atomic E-state index is 13.3. The van der Waals surface area contributed by atoms with Gasteiger partial charge in [-0.3, -0.25) is 9.59 Å². The monoisotopic (exact) mass is 390 g/mol. The van der Waals surface area contributed by atoms with Crippen molar-refractivity contribution in [3.05, 3.63) is 76.2 Å². The van der Waals surface area contributed by atoms with Crippen LogP contribution in [0.25, 0.3) is 11.1 Å². The van der Waals surface area contributed by atoms with Gasteiger partial charge in [0.2, 0.25) is 0 Å². The minimum atomic E-state index is -4.83. The molecule has 0 saturated heterocycles. The number of benzene rings is 1. The van der Waals surface area contributed by atoms with Gasteiger partial charge < -0.3 is 15.5 Å². The van der Waals surface area contributed by atoms with Gasteiger partial charge in [-0.15, -0.1) is 0 Å². The van der Waals surface area contributed by atoms with E-state index in [0.29, 0.717) is 11.4 Å². The molecule has 0 spiro atoms. The van der Waals surface area contributed by atoms with Crippen LogP contribution in [0.1, 0.15) is 21.7 Å². The number of alkyl halides is 3. The molecule has 0 unspecified atom stereocenters. The number of nitrogens with two attached hydrogens (primary N) is 1. The maximum absolute atomic E-state index is 13.3. The summed E-state index contributed by atoms with van der Waals surface area (Å²) in [6, 6.07) is 8.18. The van der Waals surface area contributed by atoms with Crippen LogP contribution in [0, 0.1) is 0 Å². The van der Waals surface area contributed by atoms with Gasteiger partial charge in [-0.25, -0.2) is 9.97 Å². The average molecular weight is 390 g/mol. The number of carbonyl (C=O) groups excluding carboxylic acids is 1. The summed E-state index contributed by atoms with van der Waals surface area (Å²) in [5, 5.41) is 0. The molecule has 0 aliphatic heterocycles. The lowest BCUT2D eigenvalue weighted by Gasteiger charge is -2.14. The molecule has 0 fully saturated rings. The molecule has 0 aliphatic rings. The zero-order chi connectivity index (χ0) is 20.3. The van der Waals surface area contributed by atoms with Crippen molar-refractivity contribution >= 4 is 5.91 Å². The predicted octanol–water partition coefficient (Wildman–Crippen LogP) is 2.53. The minimum Gasteiger partial charge on any atom is -0.487 e. The highest BCUT2D eigenvalue weighted by atomic mass is 19.4. The van der Waals surface area contributed by atoms with Crippen LogP contribution in [0.2, 0.25) is 0 Å². The first-order chi connectivity index (χ1) is 13.3. The van der Waals surface area contributed by atoms with E-state index in [1.807, 2.05) is 0 Å². The number of hydrogen-bond donors (Lipinski definition) is 2. The van der Waals surface area contributed by atoms with Gasteiger partial charge in [0.15, 0.2) is 0 Å². The van der Waals surface area contributed by atoms with Gasteiger partial charge in [-0.05, 0) is 29.8 Å². The second-order valence-corrected chi connectivity index (χ2v) is 5.68. The van der Waals surface area contributed by atoms with E-state index in [2.05, 4.69) is 9.97 Å². The Hall–Kier alpha value is -3.69. The molecule has 28 heavy (non-hydrogen) atoms. The van der Waals surface area contributed by atoms with Gasteiger partial charge in [-0.1, -0.05) is 12.1 Å². The van der Waals surface area contributed by atoms with E-state index in [1.165, 1.54) is 30.6 Å². The molecule has 1 amide bonds. The Balaban J connectivity index is 1.93. The van der Waals surface area contributed by atoms with E-state index in [1.54, 1.807) is 17.2 Å². The summed E-state index contributed by atoms with van der Waals surface area (Å²) < 4.78 is 45.5. The summed E-state index contributed by atoms with van der Waals surface area (Å²) in [5.41, 5.74) is 2.42. The molecule has 3 rings (SSSR count). The highest BCUT2D eigenvalue weighted by molar-refractivity contribution is 5.93. The minimum absolute atomic E-state index is 0.125. The number of H-pyrrole nitrogens is 1. The SMILES string of the molecule is NC(=O)c1cc(-c2ccc(OCc3ccncn3)cc2)c(C(F)(F)F)[nH]c1=O. The van der Waals surface area contributed by atoms with Crippen LogP contribution in [0.3, 0.4) is 0 Å². The first-order valence-corrected chi connectivity index (χ1v) is 7.88. The van der Waals surface area contributed by atoms with E-state index in [-0.39, 0.29) is 17.7 Å². The lowest BCUT2D eigenvalue weighted by Crippen LogP contribution is -2.27. The molecule has 7 nitrogen and oxygen atoms in total.